The van der Waals surface area contributed by atoms with Crippen LogP contribution in [0, 0.1) is 11.8 Å². The Kier molecular flexibility index (Phi) is 2.29. The second kappa shape index (κ2) is 3.60. The lowest BCUT2D eigenvalue weighted by Gasteiger charge is -1.87. The number of aromatic amines is 1. The summed E-state index contributed by atoms with van der Waals surface area (Å²) in [5.41, 5.74) is 1.10. The Morgan fingerprint density at radius 3 is 3.21 bits per heavy atom. The first-order valence-electron chi connectivity index (χ1n) is 3.97. The van der Waals surface area contributed by atoms with Crippen LogP contribution in [0.25, 0.3) is 5.52 Å². The summed E-state index contributed by atoms with van der Waals surface area (Å²) in [5.74, 6) is 6.17. The number of thiol groups is 1. The summed E-state index contributed by atoms with van der Waals surface area (Å²) in [6.07, 6.45) is 3.06. The van der Waals surface area contributed by atoms with Gasteiger partial charge in [0.1, 0.15) is 11.8 Å². The van der Waals surface area contributed by atoms with Crippen molar-refractivity contribution in [2.45, 2.75) is 0 Å². The van der Waals surface area contributed by atoms with E-state index < -0.39 is 0 Å². The zero-order valence-corrected chi connectivity index (χ0v) is 8.08. The van der Waals surface area contributed by atoms with E-state index in [1.54, 1.807) is 12.3 Å². The Morgan fingerprint density at radius 1 is 1.64 bits per heavy atom. The van der Waals surface area contributed by atoms with Crippen molar-refractivity contribution in [3.8, 4) is 11.8 Å². The smallest absolute Gasteiger partial charge is 0.275 e. The molecule has 5 heteroatoms. The maximum atomic E-state index is 11.3. The first kappa shape index (κ1) is 8.91. The van der Waals surface area contributed by atoms with E-state index in [1.165, 1.54) is 10.8 Å². The van der Waals surface area contributed by atoms with Crippen molar-refractivity contribution >= 4 is 18.1 Å². The van der Waals surface area contributed by atoms with Gasteiger partial charge in [-0.3, -0.25) is 4.79 Å². The lowest BCUT2D eigenvalue weighted by atomic mass is 10.3. The Labute approximate surface area is 85.4 Å². The van der Waals surface area contributed by atoms with Crippen LogP contribution < -0.4 is 5.56 Å². The fourth-order valence-electron chi connectivity index (χ4n) is 1.15. The molecule has 0 atom stereocenters. The molecule has 0 radical (unpaired) electrons. The molecule has 2 rings (SSSR count). The number of nitrogens with one attached hydrogen (secondary N) is 1. The van der Waals surface area contributed by atoms with Crippen LogP contribution in [0.15, 0.2) is 23.4 Å². The number of aromatic nitrogens is 3. The summed E-state index contributed by atoms with van der Waals surface area (Å²) in [6, 6.07) is 1.70. The van der Waals surface area contributed by atoms with Gasteiger partial charge in [0, 0.05) is 11.8 Å². The van der Waals surface area contributed by atoms with E-state index in [0.717, 1.165) is 5.56 Å². The van der Waals surface area contributed by atoms with Crippen LogP contribution in [-0.2, 0) is 0 Å². The highest BCUT2D eigenvalue weighted by molar-refractivity contribution is 7.80. The van der Waals surface area contributed by atoms with Gasteiger partial charge in [-0.05, 0) is 6.07 Å². The van der Waals surface area contributed by atoms with Crippen molar-refractivity contribution in [3.05, 3.63) is 34.5 Å². The van der Waals surface area contributed by atoms with Crippen LogP contribution in [0.4, 0.5) is 0 Å². The van der Waals surface area contributed by atoms with Crippen molar-refractivity contribution < 1.29 is 0 Å². The van der Waals surface area contributed by atoms with Gasteiger partial charge in [-0.2, -0.15) is 17.7 Å². The molecule has 0 aliphatic carbocycles. The molecule has 0 spiro atoms. The highest BCUT2D eigenvalue weighted by Crippen LogP contribution is 2.01. The third-order valence-corrected chi connectivity index (χ3v) is 1.88. The fraction of sp³-hybridized carbons (Fsp3) is 0.111. The van der Waals surface area contributed by atoms with Crippen molar-refractivity contribution in [2.24, 2.45) is 0 Å². The van der Waals surface area contributed by atoms with Crippen molar-refractivity contribution in [2.75, 3.05) is 5.75 Å². The molecular formula is C9H7N3OS. The minimum absolute atomic E-state index is 0.168. The Balaban J connectivity index is 2.63. The second-order valence-electron chi connectivity index (χ2n) is 2.64. The molecule has 0 aliphatic heterocycles. The largest absolute Gasteiger partial charge is 0.310 e. The van der Waals surface area contributed by atoms with Gasteiger partial charge in [0.15, 0.2) is 0 Å². The molecule has 0 aliphatic rings. The summed E-state index contributed by atoms with van der Waals surface area (Å²) >= 11 is 3.97. The average Bonchev–Trinajstić information content (AvgIpc) is 2.59. The second-order valence-corrected chi connectivity index (χ2v) is 2.95. The molecule has 0 amide bonds. The third kappa shape index (κ3) is 1.52. The molecule has 4 nitrogen and oxygen atoms in total. The van der Waals surface area contributed by atoms with E-state index in [-0.39, 0.29) is 5.56 Å². The molecular weight excluding hydrogens is 198 g/mol. The molecule has 2 aromatic heterocycles. The molecule has 14 heavy (non-hydrogen) atoms. The topological polar surface area (TPSA) is 50.2 Å². The van der Waals surface area contributed by atoms with E-state index in [0.29, 0.717) is 11.3 Å². The fourth-order valence-corrected chi connectivity index (χ4v) is 1.23. The van der Waals surface area contributed by atoms with Crippen LogP contribution in [-0.4, -0.2) is 20.4 Å². The van der Waals surface area contributed by atoms with Gasteiger partial charge in [-0.25, -0.2) is 4.52 Å². The lowest BCUT2D eigenvalue weighted by molar-refractivity contribution is 0.888. The summed E-state index contributed by atoms with van der Waals surface area (Å²) in [5, 5.41) is 3.95. The first-order chi connectivity index (χ1) is 6.81. The van der Waals surface area contributed by atoms with Crippen molar-refractivity contribution in [1.29, 1.82) is 0 Å². The van der Waals surface area contributed by atoms with Crippen molar-refractivity contribution in [1.82, 2.24) is 14.6 Å². The molecule has 0 saturated heterocycles. The molecule has 0 fully saturated rings. The van der Waals surface area contributed by atoms with Gasteiger partial charge >= 0.3 is 0 Å². The molecule has 0 aromatic carbocycles. The number of rotatable bonds is 0. The van der Waals surface area contributed by atoms with Crippen LogP contribution in [0.1, 0.15) is 5.56 Å². The summed E-state index contributed by atoms with van der Waals surface area (Å²) in [4.78, 5) is 13.8. The molecule has 0 unspecified atom stereocenters. The molecule has 70 valence electrons. The summed E-state index contributed by atoms with van der Waals surface area (Å²) in [7, 11) is 0. The molecule has 2 aromatic rings. The minimum atomic E-state index is -0.168. The monoisotopic (exact) mass is 205 g/mol. The Bertz CT molecular complexity index is 573. The number of hydrogen-bond donors (Lipinski definition) is 2. The number of fused-ring (bicyclic) bond motifs is 1. The van der Waals surface area contributed by atoms with Crippen LogP contribution in [0.2, 0.25) is 0 Å². The maximum Gasteiger partial charge on any atom is 0.275 e. The summed E-state index contributed by atoms with van der Waals surface area (Å²) in [6.45, 7) is 0. The minimum Gasteiger partial charge on any atom is -0.310 e. The van der Waals surface area contributed by atoms with Crippen LogP contribution in [0.5, 0.6) is 0 Å². The van der Waals surface area contributed by atoms with Gasteiger partial charge < -0.3 is 4.98 Å². The van der Waals surface area contributed by atoms with E-state index in [9.17, 15) is 4.79 Å². The zero-order valence-electron chi connectivity index (χ0n) is 7.19. The Morgan fingerprint density at radius 2 is 2.50 bits per heavy atom. The molecule has 2 heterocycles. The van der Waals surface area contributed by atoms with E-state index >= 15 is 0 Å². The van der Waals surface area contributed by atoms with Gasteiger partial charge in [-0.1, -0.05) is 11.8 Å². The highest BCUT2D eigenvalue weighted by atomic mass is 32.1. The van der Waals surface area contributed by atoms with E-state index in [4.69, 9.17) is 0 Å². The predicted octanol–water partition coefficient (Wildman–Crippen LogP) is 0.304. The standard InChI is InChI=1S/C9H7N3OS/c13-9-8-4-7(2-1-3-14)5-12(8)11-6-10-9/h4-6,14H,3H2,(H,10,11,13). The molecule has 0 bridgehead atoms. The van der Waals surface area contributed by atoms with Gasteiger partial charge in [0.2, 0.25) is 0 Å². The van der Waals surface area contributed by atoms with Gasteiger partial charge in [0.05, 0.1) is 5.75 Å². The molecule has 0 saturated carbocycles. The first-order valence-corrected chi connectivity index (χ1v) is 4.60. The number of hydrogen-bond acceptors (Lipinski definition) is 3. The van der Waals surface area contributed by atoms with E-state index in [2.05, 4.69) is 34.6 Å². The molecule has 1 N–H and O–H groups in total. The average molecular weight is 205 g/mol. The number of nitrogens with zero attached hydrogens (tertiary/aromatic N) is 2. The Hall–Kier alpha value is -1.67. The third-order valence-electron chi connectivity index (χ3n) is 1.72. The normalized spacial score (nSPS) is 9.79. The summed E-state index contributed by atoms with van der Waals surface area (Å²) < 4.78 is 1.50. The number of H-pyrrole nitrogens is 1. The van der Waals surface area contributed by atoms with E-state index in [1.807, 2.05) is 0 Å². The van der Waals surface area contributed by atoms with Gasteiger partial charge in [-0.15, -0.1) is 0 Å². The van der Waals surface area contributed by atoms with Crippen LogP contribution >= 0.6 is 12.6 Å². The maximum absolute atomic E-state index is 11.3. The SMILES string of the molecule is O=c1[nH]cnn2cc(C#CCS)cc12. The quantitative estimate of drug-likeness (QED) is 0.480. The predicted molar refractivity (Wildman–Crippen MR) is 56.5 cm³/mol. The lowest BCUT2D eigenvalue weighted by Crippen LogP contribution is -2.09. The van der Waals surface area contributed by atoms with Gasteiger partial charge in [0.25, 0.3) is 5.56 Å². The van der Waals surface area contributed by atoms with Crippen LogP contribution in [0.3, 0.4) is 0 Å². The zero-order chi connectivity index (χ0) is 9.97. The highest BCUT2D eigenvalue weighted by Gasteiger charge is 2.00. The van der Waals surface area contributed by atoms with Crippen molar-refractivity contribution in [3.63, 3.8) is 0 Å².